The summed E-state index contributed by atoms with van der Waals surface area (Å²) in [7, 11) is 1.49. The molecule has 1 unspecified atom stereocenters. The maximum absolute atomic E-state index is 11.5. The molecule has 1 amide bonds. The van der Waals surface area contributed by atoms with E-state index < -0.39 is 12.0 Å². The summed E-state index contributed by atoms with van der Waals surface area (Å²) in [5, 5.41) is 14.3. The molecule has 0 aliphatic carbocycles. The van der Waals surface area contributed by atoms with Gasteiger partial charge in [0, 0.05) is 25.7 Å². The minimum Gasteiger partial charge on any atom is -0.480 e. The van der Waals surface area contributed by atoms with Crippen LogP contribution in [0.1, 0.15) is 27.2 Å². The zero-order valence-electron chi connectivity index (χ0n) is 10.9. The number of aliphatic carboxylic acids is 1. The third-order valence-corrected chi connectivity index (χ3v) is 2.02. The molecule has 0 aliphatic rings. The average Bonchev–Trinajstić information content (AvgIpc) is 2.19. The fourth-order valence-electron chi connectivity index (χ4n) is 1.08. The van der Waals surface area contributed by atoms with Crippen LogP contribution in [0.5, 0.6) is 0 Å². The Bertz CT molecular complexity index is 261. The molecular formula is C11H22N2O4. The molecule has 0 bridgehead atoms. The molecule has 0 aromatic heterocycles. The van der Waals surface area contributed by atoms with Crippen molar-refractivity contribution in [3.8, 4) is 0 Å². The molecule has 6 nitrogen and oxygen atoms in total. The predicted octanol–water partition coefficient (Wildman–Crippen LogP) is -0.0196. The standard InChI is InChI=1S/C11H22N2O4/c1-11(2,3)12-7-9(14)13-8(10(15)16)5-6-17-4/h8,12H,5-7H2,1-4H3,(H,13,14)(H,15,16). The second kappa shape index (κ2) is 7.24. The summed E-state index contributed by atoms with van der Waals surface area (Å²) in [6, 6.07) is -0.899. The monoisotopic (exact) mass is 246 g/mol. The van der Waals surface area contributed by atoms with Gasteiger partial charge in [-0.15, -0.1) is 0 Å². The SMILES string of the molecule is COCCC(NC(=O)CNC(C)(C)C)C(=O)O. The molecule has 0 fully saturated rings. The van der Waals surface area contributed by atoms with E-state index in [0.29, 0.717) is 6.61 Å². The highest BCUT2D eigenvalue weighted by Crippen LogP contribution is 1.97. The van der Waals surface area contributed by atoms with E-state index in [9.17, 15) is 9.59 Å². The minimum atomic E-state index is -1.05. The lowest BCUT2D eigenvalue weighted by Crippen LogP contribution is -2.48. The van der Waals surface area contributed by atoms with Crippen LogP contribution in [0.15, 0.2) is 0 Å². The number of carboxylic acid groups (broad SMARTS) is 1. The van der Waals surface area contributed by atoms with Gasteiger partial charge in [-0.1, -0.05) is 0 Å². The number of hydrogen-bond acceptors (Lipinski definition) is 4. The fourth-order valence-corrected chi connectivity index (χ4v) is 1.08. The number of rotatable bonds is 7. The number of carbonyl (C=O) groups is 2. The highest BCUT2D eigenvalue weighted by atomic mass is 16.5. The second-order valence-electron chi connectivity index (χ2n) is 4.84. The summed E-state index contributed by atoms with van der Waals surface area (Å²) in [5.74, 6) is -1.38. The Labute approximate surface area is 102 Å². The number of methoxy groups -OCH3 is 1. The lowest BCUT2D eigenvalue weighted by molar-refractivity contribution is -0.142. The van der Waals surface area contributed by atoms with Crippen LogP contribution in [0, 0.1) is 0 Å². The zero-order chi connectivity index (χ0) is 13.5. The van der Waals surface area contributed by atoms with Crippen molar-refractivity contribution in [1.82, 2.24) is 10.6 Å². The molecule has 0 aromatic carbocycles. The maximum atomic E-state index is 11.5. The van der Waals surface area contributed by atoms with Crippen molar-refractivity contribution in [3.63, 3.8) is 0 Å². The Balaban J connectivity index is 4.08. The summed E-state index contributed by atoms with van der Waals surface area (Å²) in [6.45, 7) is 6.18. The first kappa shape index (κ1) is 15.9. The highest BCUT2D eigenvalue weighted by Gasteiger charge is 2.20. The molecular weight excluding hydrogens is 224 g/mol. The third kappa shape index (κ3) is 8.65. The van der Waals surface area contributed by atoms with E-state index in [1.807, 2.05) is 20.8 Å². The van der Waals surface area contributed by atoms with E-state index in [0.717, 1.165) is 0 Å². The molecule has 0 aromatic rings. The average molecular weight is 246 g/mol. The van der Waals surface area contributed by atoms with Crippen molar-refractivity contribution in [3.05, 3.63) is 0 Å². The minimum absolute atomic E-state index is 0.0975. The van der Waals surface area contributed by atoms with Gasteiger partial charge in [-0.3, -0.25) is 4.79 Å². The summed E-state index contributed by atoms with van der Waals surface area (Å²) >= 11 is 0. The fraction of sp³-hybridized carbons (Fsp3) is 0.818. The van der Waals surface area contributed by atoms with Gasteiger partial charge in [0.25, 0.3) is 0 Å². The van der Waals surface area contributed by atoms with Gasteiger partial charge in [-0.05, 0) is 20.8 Å². The quantitative estimate of drug-likeness (QED) is 0.587. The van der Waals surface area contributed by atoms with E-state index in [1.54, 1.807) is 0 Å². The van der Waals surface area contributed by atoms with E-state index >= 15 is 0 Å². The Kier molecular flexibility index (Phi) is 6.75. The first-order chi connectivity index (χ1) is 7.76. The van der Waals surface area contributed by atoms with E-state index in [-0.39, 0.29) is 24.4 Å². The third-order valence-electron chi connectivity index (χ3n) is 2.02. The van der Waals surface area contributed by atoms with Gasteiger partial charge in [0.15, 0.2) is 0 Å². The number of nitrogens with one attached hydrogen (secondary N) is 2. The van der Waals surface area contributed by atoms with Crippen LogP contribution in [0.4, 0.5) is 0 Å². The molecule has 0 saturated heterocycles. The number of carbonyl (C=O) groups excluding carboxylic acids is 1. The summed E-state index contributed by atoms with van der Waals surface area (Å²) < 4.78 is 4.79. The van der Waals surface area contributed by atoms with Crippen LogP contribution >= 0.6 is 0 Å². The number of amides is 1. The van der Waals surface area contributed by atoms with Crippen LogP contribution in [0.3, 0.4) is 0 Å². The first-order valence-corrected chi connectivity index (χ1v) is 5.52. The lowest BCUT2D eigenvalue weighted by atomic mass is 10.1. The molecule has 0 aliphatic heterocycles. The zero-order valence-corrected chi connectivity index (χ0v) is 10.9. The van der Waals surface area contributed by atoms with Gasteiger partial charge < -0.3 is 20.5 Å². The summed E-state index contributed by atoms with van der Waals surface area (Å²) in [6.07, 6.45) is 0.257. The lowest BCUT2D eigenvalue weighted by Gasteiger charge is -2.21. The number of hydrogen-bond donors (Lipinski definition) is 3. The number of carboxylic acids is 1. The molecule has 17 heavy (non-hydrogen) atoms. The molecule has 0 heterocycles. The van der Waals surface area contributed by atoms with E-state index in [4.69, 9.17) is 9.84 Å². The molecule has 0 spiro atoms. The van der Waals surface area contributed by atoms with Crippen molar-refractivity contribution in [2.75, 3.05) is 20.3 Å². The molecule has 0 radical (unpaired) electrons. The van der Waals surface area contributed by atoms with Gasteiger partial charge in [-0.25, -0.2) is 4.79 Å². The van der Waals surface area contributed by atoms with Crippen molar-refractivity contribution >= 4 is 11.9 Å². The molecule has 0 saturated carbocycles. The maximum Gasteiger partial charge on any atom is 0.326 e. The number of ether oxygens (including phenoxy) is 1. The van der Waals surface area contributed by atoms with Crippen molar-refractivity contribution in [1.29, 1.82) is 0 Å². The van der Waals surface area contributed by atoms with Gasteiger partial charge in [0.1, 0.15) is 6.04 Å². The molecule has 100 valence electrons. The normalized spacial score (nSPS) is 13.2. The van der Waals surface area contributed by atoms with Crippen molar-refractivity contribution < 1.29 is 19.4 Å². The van der Waals surface area contributed by atoms with Crippen LogP contribution < -0.4 is 10.6 Å². The van der Waals surface area contributed by atoms with Gasteiger partial charge >= 0.3 is 5.97 Å². The van der Waals surface area contributed by atoms with Gasteiger partial charge in [-0.2, -0.15) is 0 Å². The Morgan fingerprint density at radius 2 is 1.94 bits per heavy atom. The topological polar surface area (TPSA) is 87.7 Å². The van der Waals surface area contributed by atoms with Gasteiger partial charge in [0.05, 0.1) is 6.54 Å². The van der Waals surface area contributed by atoms with Gasteiger partial charge in [0.2, 0.25) is 5.91 Å². The molecule has 0 rings (SSSR count). The van der Waals surface area contributed by atoms with Crippen LogP contribution in [-0.4, -0.2) is 48.8 Å². The first-order valence-electron chi connectivity index (χ1n) is 5.52. The Morgan fingerprint density at radius 1 is 1.35 bits per heavy atom. The van der Waals surface area contributed by atoms with Crippen LogP contribution in [0.25, 0.3) is 0 Å². The van der Waals surface area contributed by atoms with E-state index in [2.05, 4.69) is 10.6 Å². The smallest absolute Gasteiger partial charge is 0.326 e. The van der Waals surface area contributed by atoms with E-state index in [1.165, 1.54) is 7.11 Å². The Hall–Kier alpha value is -1.14. The predicted molar refractivity (Wildman–Crippen MR) is 63.8 cm³/mol. The van der Waals surface area contributed by atoms with Crippen LogP contribution in [0.2, 0.25) is 0 Å². The summed E-state index contributed by atoms with van der Waals surface area (Å²) in [5.41, 5.74) is -0.178. The molecule has 6 heteroatoms. The largest absolute Gasteiger partial charge is 0.480 e. The summed E-state index contributed by atoms with van der Waals surface area (Å²) in [4.78, 5) is 22.3. The van der Waals surface area contributed by atoms with Crippen LogP contribution in [-0.2, 0) is 14.3 Å². The second-order valence-corrected chi connectivity index (χ2v) is 4.84. The van der Waals surface area contributed by atoms with Crippen molar-refractivity contribution in [2.45, 2.75) is 38.8 Å². The molecule has 3 N–H and O–H groups in total. The van der Waals surface area contributed by atoms with Crippen molar-refractivity contribution in [2.24, 2.45) is 0 Å². The Morgan fingerprint density at radius 3 is 2.35 bits per heavy atom. The molecule has 1 atom stereocenters. The highest BCUT2D eigenvalue weighted by molar-refractivity contribution is 5.84.